The van der Waals surface area contributed by atoms with Crippen molar-refractivity contribution in [3.63, 3.8) is 0 Å². The third kappa shape index (κ3) is 2.94. The topological polar surface area (TPSA) is 38.5 Å². The van der Waals surface area contributed by atoms with Gasteiger partial charge in [0.05, 0.1) is 6.10 Å². The molecule has 1 fully saturated rings. The van der Waals surface area contributed by atoms with Gasteiger partial charge in [-0.25, -0.2) is 0 Å². The van der Waals surface area contributed by atoms with Crippen molar-refractivity contribution in [2.45, 2.75) is 25.5 Å². The smallest absolute Gasteiger partial charge is 0.0702 e. The van der Waals surface area contributed by atoms with E-state index in [0.717, 1.165) is 25.4 Å². The Bertz CT molecular complexity index is 591. The number of nitrogen functional groups attached to an aromatic ring is 1. The lowest BCUT2D eigenvalue weighted by atomic mass is 10.0. The molecule has 1 heterocycles. The predicted molar refractivity (Wildman–Crippen MR) is 83.7 cm³/mol. The van der Waals surface area contributed by atoms with Crippen LogP contribution in [0.2, 0.25) is 0 Å². The molecule has 106 valence electrons. The number of rotatable bonds is 4. The van der Waals surface area contributed by atoms with Gasteiger partial charge in [-0.15, -0.1) is 0 Å². The van der Waals surface area contributed by atoms with Crippen molar-refractivity contribution < 1.29 is 4.74 Å². The normalized spacial score (nSPS) is 19.0. The van der Waals surface area contributed by atoms with E-state index in [-0.39, 0.29) is 0 Å². The van der Waals surface area contributed by atoms with Crippen LogP contribution in [0, 0.1) is 0 Å². The zero-order valence-electron chi connectivity index (χ0n) is 12.0. The van der Waals surface area contributed by atoms with E-state index in [0.29, 0.717) is 6.10 Å². The molecule has 3 heteroatoms. The van der Waals surface area contributed by atoms with Crippen molar-refractivity contribution in [2.75, 3.05) is 25.9 Å². The number of nitrogens with zero attached hydrogens (tertiary/aromatic N) is 1. The molecule has 3 rings (SSSR count). The number of hydrogen-bond acceptors (Lipinski definition) is 3. The summed E-state index contributed by atoms with van der Waals surface area (Å²) in [6, 6.07) is 12.6. The summed E-state index contributed by atoms with van der Waals surface area (Å²) in [7, 11) is 2.14. The fourth-order valence-electron chi connectivity index (χ4n) is 2.93. The Morgan fingerprint density at radius 2 is 2.00 bits per heavy atom. The summed E-state index contributed by atoms with van der Waals surface area (Å²) in [5, 5.41) is 2.46. The van der Waals surface area contributed by atoms with Gasteiger partial charge < -0.3 is 10.5 Å². The summed E-state index contributed by atoms with van der Waals surface area (Å²) in [5.41, 5.74) is 8.26. The van der Waals surface area contributed by atoms with E-state index in [1.54, 1.807) is 0 Å². The first-order valence-corrected chi connectivity index (χ1v) is 7.29. The van der Waals surface area contributed by atoms with Gasteiger partial charge in [0.2, 0.25) is 0 Å². The van der Waals surface area contributed by atoms with Crippen LogP contribution in [0.3, 0.4) is 0 Å². The molecule has 0 aromatic heterocycles. The summed E-state index contributed by atoms with van der Waals surface area (Å²) in [6.07, 6.45) is 2.76. The van der Waals surface area contributed by atoms with Gasteiger partial charge in [-0.2, -0.15) is 0 Å². The van der Waals surface area contributed by atoms with Crippen molar-refractivity contribution in [3.05, 3.63) is 42.0 Å². The van der Waals surface area contributed by atoms with Gasteiger partial charge >= 0.3 is 0 Å². The van der Waals surface area contributed by atoms with Gasteiger partial charge in [-0.05, 0) is 48.4 Å². The molecule has 2 aromatic carbocycles. The Morgan fingerprint density at radius 1 is 1.25 bits per heavy atom. The van der Waals surface area contributed by atoms with E-state index >= 15 is 0 Å². The van der Waals surface area contributed by atoms with Gasteiger partial charge in [0, 0.05) is 25.4 Å². The minimum absolute atomic E-state index is 0.390. The number of ether oxygens (including phenoxy) is 1. The van der Waals surface area contributed by atoms with E-state index in [4.69, 9.17) is 10.5 Å². The molecule has 0 saturated carbocycles. The first-order valence-electron chi connectivity index (χ1n) is 7.29. The zero-order valence-corrected chi connectivity index (χ0v) is 12.0. The maximum Gasteiger partial charge on any atom is 0.0702 e. The number of nitrogens with two attached hydrogens (primary N) is 1. The van der Waals surface area contributed by atoms with Crippen LogP contribution in [-0.2, 0) is 11.3 Å². The Hall–Kier alpha value is -1.58. The summed E-state index contributed by atoms with van der Waals surface area (Å²) >= 11 is 0. The van der Waals surface area contributed by atoms with E-state index in [1.807, 2.05) is 6.07 Å². The molecule has 2 aromatic rings. The maximum absolute atomic E-state index is 6.19. The summed E-state index contributed by atoms with van der Waals surface area (Å²) < 4.78 is 5.69. The van der Waals surface area contributed by atoms with Crippen LogP contribution >= 0.6 is 0 Å². The van der Waals surface area contributed by atoms with E-state index in [9.17, 15) is 0 Å². The van der Waals surface area contributed by atoms with E-state index < -0.39 is 0 Å². The first-order chi connectivity index (χ1) is 9.72. The van der Waals surface area contributed by atoms with Crippen LogP contribution in [0.1, 0.15) is 18.4 Å². The highest BCUT2D eigenvalue weighted by Gasteiger charge is 2.17. The van der Waals surface area contributed by atoms with E-state index in [2.05, 4.69) is 42.3 Å². The van der Waals surface area contributed by atoms with Crippen LogP contribution in [0.4, 0.5) is 5.69 Å². The van der Waals surface area contributed by atoms with E-state index in [1.165, 1.54) is 29.2 Å². The summed E-state index contributed by atoms with van der Waals surface area (Å²) in [4.78, 5) is 2.30. The van der Waals surface area contributed by atoms with Gasteiger partial charge in [0.15, 0.2) is 0 Å². The number of anilines is 1. The number of hydrogen-bond donors (Lipinski definition) is 1. The lowest BCUT2D eigenvalue weighted by Gasteiger charge is -2.21. The zero-order chi connectivity index (χ0) is 13.9. The molecule has 0 amide bonds. The predicted octanol–water partition coefficient (Wildman–Crippen LogP) is 3.03. The Morgan fingerprint density at radius 3 is 2.70 bits per heavy atom. The second-order valence-corrected chi connectivity index (χ2v) is 5.73. The highest BCUT2D eigenvalue weighted by Crippen LogP contribution is 2.23. The molecule has 0 radical (unpaired) electrons. The van der Waals surface area contributed by atoms with Crippen molar-refractivity contribution in [2.24, 2.45) is 0 Å². The second-order valence-electron chi connectivity index (χ2n) is 5.73. The minimum atomic E-state index is 0.390. The number of fused-ring (bicyclic) bond motifs is 1. The summed E-state index contributed by atoms with van der Waals surface area (Å²) in [5.74, 6) is 0. The standard InChI is InChI=1S/C17H22N2O/c1-19(12-16-7-4-8-20-16)11-15-9-13-5-2-3-6-14(13)10-17(15)18/h2-3,5-6,9-10,16H,4,7-8,11-12,18H2,1H3. The molecule has 1 aliphatic heterocycles. The molecule has 2 N–H and O–H groups in total. The quantitative estimate of drug-likeness (QED) is 0.868. The van der Waals surface area contributed by atoms with Crippen LogP contribution < -0.4 is 5.73 Å². The monoisotopic (exact) mass is 270 g/mol. The van der Waals surface area contributed by atoms with Crippen molar-refractivity contribution in [1.29, 1.82) is 0 Å². The number of likely N-dealkylation sites (N-methyl/N-ethyl adjacent to an activating group) is 1. The highest BCUT2D eigenvalue weighted by molar-refractivity contribution is 5.86. The van der Waals surface area contributed by atoms with Crippen LogP contribution in [0.5, 0.6) is 0 Å². The van der Waals surface area contributed by atoms with Gasteiger partial charge in [0.1, 0.15) is 0 Å². The molecule has 0 spiro atoms. The molecule has 1 unspecified atom stereocenters. The average molecular weight is 270 g/mol. The van der Waals surface area contributed by atoms with Crippen LogP contribution in [0.15, 0.2) is 36.4 Å². The fourth-order valence-corrected chi connectivity index (χ4v) is 2.93. The molecule has 0 aliphatic carbocycles. The SMILES string of the molecule is CN(Cc1cc2ccccc2cc1N)CC1CCCO1. The first kappa shape index (κ1) is 13.4. The average Bonchev–Trinajstić information content (AvgIpc) is 2.92. The molecule has 1 atom stereocenters. The Labute approximate surface area is 120 Å². The summed E-state index contributed by atoms with van der Waals surface area (Å²) in [6.45, 7) is 2.76. The molecular weight excluding hydrogens is 248 g/mol. The molecule has 1 saturated heterocycles. The third-order valence-corrected chi connectivity index (χ3v) is 3.99. The fraction of sp³-hybridized carbons (Fsp3) is 0.412. The lowest BCUT2D eigenvalue weighted by molar-refractivity contribution is 0.0794. The maximum atomic E-state index is 6.19. The molecule has 0 bridgehead atoms. The van der Waals surface area contributed by atoms with Gasteiger partial charge in [-0.3, -0.25) is 4.90 Å². The largest absolute Gasteiger partial charge is 0.398 e. The van der Waals surface area contributed by atoms with Crippen LogP contribution in [0.25, 0.3) is 10.8 Å². The lowest BCUT2D eigenvalue weighted by Crippen LogP contribution is -2.28. The molecule has 3 nitrogen and oxygen atoms in total. The molecular formula is C17H22N2O. The van der Waals surface area contributed by atoms with Crippen molar-refractivity contribution in [3.8, 4) is 0 Å². The third-order valence-electron chi connectivity index (χ3n) is 3.99. The Balaban J connectivity index is 1.74. The van der Waals surface area contributed by atoms with Crippen LogP contribution in [-0.4, -0.2) is 31.2 Å². The molecule has 1 aliphatic rings. The second kappa shape index (κ2) is 5.81. The van der Waals surface area contributed by atoms with Crippen molar-refractivity contribution in [1.82, 2.24) is 4.90 Å². The minimum Gasteiger partial charge on any atom is -0.398 e. The van der Waals surface area contributed by atoms with Gasteiger partial charge in [-0.1, -0.05) is 24.3 Å². The van der Waals surface area contributed by atoms with Gasteiger partial charge in [0.25, 0.3) is 0 Å². The highest BCUT2D eigenvalue weighted by atomic mass is 16.5. The Kier molecular flexibility index (Phi) is 3.90. The number of benzene rings is 2. The molecule has 20 heavy (non-hydrogen) atoms. The van der Waals surface area contributed by atoms with Crippen molar-refractivity contribution >= 4 is 16.5 Å².